The summed E-state index contributed by atoms with van der Waals surface area (Å²) in [7, 11) is 1.85. The zero-order valence-electron chi connectivity index (χ0n) is 9.27. The van der Waals surface area contributed by atoms with Crippen molar-refractivity contribution in [2.45, 2.75) is 12.5 Å². The molecule has 4 nitrogen and oxygen atoms in total. The van der Waals surface area contributed by atoms with Crippen LogP contribution in [0.2, 0.25) is 5.02 Å². The molecule has 0 bridgehead atoms. The van der Waals surface area contributed by atoms with E-state index >= 15 is 0 Å². The Hall–Kier alpha value is -0.910. The van der Waals surface area contributed by atoms with Gasteiger partial charge in [-0.1, -0.05) is 27.5 Å². The third kappa shape index (κ3) is 2.86. The third-order valence-electron chi connectivity index (χ3n) is 2.57. The molecule has 0 spiro atoms. The summed E-state index contributed by atoms with van der Waals surface area (Å²) in [6.45, 7) is 0. The summed E-state index contributed by atoms with van der Waals surface area (Å²) in [5.74, 6) is 0.851. The quantitative estimate of drug-likeness (QED) is 0.946. The van der Waals surface area contributed by atoms with E-state index in [2.05, 4.69) is 26.0 Å². The maximum Gasteiger partial charge on any atom is 0.138 e. The number of rotatable bonds is 3. The van der Waals surface area contributed by atoms with Crippen molar-refractivity contribution in [1.29, 1.82) is 0 Å². The van der Waals surface area contributed by atoms with E-state index in [1.165, 1.54) is 6.33 Å². The molecular formula is C11H12BrClN4. The van der Waals surface area contributed by atoms with Gasteiger partial charge in [-0.15, -0.1) is 0 Å². The lowest BCUT2D eigenvalue weighted by atomic mass is 10.0. The Labute approximate surface area is 113 Å². The van der Waals surface area contributed by atoms with E-state index in [0.717, 1.165) is 15.9 Å². The molecule has 0 aliphatic heterocycles. The molecule has 6 heteroatoms. The number of nitrogens with two attached hydrogens (primary N) is 1. The monoisotopic (exact) mass is 314 g/mol. The fourth-order valence-corrected chi connectivity index (χ4v) is 2.33. The Balaban J connectivity index is 2.23. The van der Waals surface area contributed by atoms with Crippen molar-refractivity contribution in [2.24, 2.45) is 12.8 Å². The maximum atomic E-state index is 6.16. The van der Waals surface area contributed by atoms with E-state index in [-0.39, 0.29) is 6.04 Å². The molecule has 2 N–H and O–H groups in total. The summed E-state index contributed by atoms with van der Waals surface area (Å²) in [5, 5.41) is 4.69. The predicted octanol–water partition coefficient (Wildman–Crippen LogP) is 2.47. The van der Waals surface area contributed by atoms with Crippen LogP contribution in [0.1, 0.15) is 17.4 Å². The minimum absolute atomic E-state index is 0.161. The molecule has 2 rings (SSSR count). The number of hydrogen-bond acceptors (Lipinski definition) is 3. The van der Waals surface area contributed by atoms with Gasteiger partial charge in [0.25, 0.3) is 0 Å². The van der Waals surface area contributed by atoms with Crippen LogP contribution in [0, 0.1) is 0 Å². The van der Waals surface area contributed by atoms with Gasteiger partial charge in [-0.25, -0.2) is 4.98 Å². The molecule has 1 heterocycles. The number of aromatic nitrogens is 3. The Morgan fingerprint density at radius 1 is 1.53 bits per heavy atom. The van der Waals surface area contributed by atoms with Crippen molar-refractivity contribution in [3.05, 3.63) is 45.4 Å². The van der Waals surface area contributed by atoms with E-state index in [9.17, 15) is 0 Å². The highest BCUT2D eigenvalue weighted by Crippen LogP contribution is 2.27. The Bertz CT molecular complexity index is 526. The highest BCUT2D eigenvalue weighted by molar-refractivity contribution is 9.10. The van der Waals surface area contributed by atoms with Crippen LogP contribution in [0.4, 0.5) is 0 Å². The van der Waals surface area contributed by atoms with Gasteiger partial charge in [-0.2, -0.15) is 5.10 Å². The normalized spacial score (nSPS) is 12.7. The van der Waals surface area contributed by atoms with E-state index < -0.39 is 0 Å². The van der Waals surface area contributed by atoms with E-state index in [0.29, 0.717) is 11.4 Å². The van der Waals surface area contributed by atoms with Crippen LogP contribution >= 0.6 is 27.5 Å². The average Bonchev–Trinajstić information content (AvgIpc) is 2.68. The van der Waals surface area contributed by atoms with Crippen LogP contribution < -0.4 is 5.73 Å². The van der Waals surface area contributed by atoms with Crippen molar-refractivity contribution in [3.8, 4) is 0 Å². The molecule has 1 atom stereocenters. The first kappa shape index (κ1) is 12.5. The van der Waals surface area contributed by atoms with Crippen molar-refractivity contribution in [3.63, 3.8) is 0 Å². The first-order valence-corrected chi connectivity index (χ1v) is 6.28. The first-order valence-electron chi connectivity index (χ1n) is 5.11. The second-order valence-corrected chi connectivity index (χ2v) is 5.07. The molecule has 1 aromatic carbocycles. The molecule has 1 aromatic heterocycles. The van der Waals surface area contributed by atoms with Gasteiger partial charge < -0.3 is 5.73 Å². The van der Waals surface area contributed by atoms with Gasteiger partial charge in [-0.3, -0.25) is 4.68 Å². The summed E-state index contributed by atoms with van der Waals surface area (Å²) in [6, 6.07) is 5.43. The van der Waals surface area contributed by atoms with Crippen LogP contribution in [0.3, 0.4) is 0 Å². The average molecular weight is 316 g/mol. The van der Waals surface area contributed by atoms with E-state index in [1.807, 2.05) is 25.2 Å². The minimum Gasteiger partial charge on any atom is -0.324 e. The first-order chi connectivity index (χ1) is 8.08. The maximum absolute atomic E-state index is 6.16. The Morgan fingerprint density at radius 2 is 2.29 bits per heavy atom. The molecule has 0 fully saturated rings. The van der Waals surface area contributed by atoms with Crippen molar-refractivity contribution >= 4 is 27.5 Å². The van der Waals surface area contributed by atoms with Gasteiger partial charge in [0, 0.05) is 29.0 Å². The second-order valence-electron chi connectivity index (χ2n) is 3.78. The highest BCUT2D eigenvalue weighted by Gasteiger charge is 2.13. The number of aryl methyl sites for hydroxylation is 1. The zero-order valence-corrected chi connectivity index (χ0v) is 11.6. The Morgan fingerprint density at radius 3 is 2.94 bits per heavy atom. The number of hydrogen-bond donors (Lipinski definition) is 1. The molecule has 0 saturated heterocycles. The van der Waals surface area contributed by atoms with Crippen molar-refractivity contribution in [2.75, 3.05) is 0 Å². The third-order valence-corrected chi connectivity index (χ3v) is 3.52. The van der Waals surface area contributed by atoms with Gasteiger partial charge >= 0.3 is 0 Å². The summed E-state index contributed by atoms with van der Waals surface area (Å²) >= 11 is 9.44. The molecule has 0 aliphatic carbocycles. The zero-order chi connectivity index (χ0) is 12.4. The number of nitrogens with zero attached hydrogens (tertiary/aromatic N) is 3. The topological polar surface area (TPSA) is 56.7 Å². The summed E-state index contributed by atoms with van der Waals surface area (Å²) in [4.78, 5) is 4.16. The molecular weight excluding hydrogens is 304 g/mol. The van der Waals surface area contributed by atoms with Gasteiger partial charge in [0.05, 0.1) is 0 Å². The van der Waals surface area contributed by atoms with E-state index in [1.54, 1.807) is 4.68 Å². The molecule has 0 amide bonds. The highest BCUT2D eigenvalue weighted by atomic mass is 79.9. The van der Waals surface area contributed by atoms with Gasteiger partial charge in [0.2, 0.25) is 0 Å². The lowest BCUT2D eigenvalue weighted by Crippen LogP contribution is -2.16. The van der Waals surface area contributed by atoms with Gasteiger partial charge in [-0.05, 0) is 23.8 Å². The standard InChI is InChI=1S/C11H12BrClN4/c1-17-11(15-6-16-17)5-10(14)8-4-7(13)2-3-9(8)12/h2-4,6,10H,5,14H2,1H3. The smallest absolute Gasteiger partial charge is 0.138 e. The lowest BCUT2D eigenvalue weighted by molar-refractivity contribution is 0.628. The molecule has 0 radical (unpaired) electrons. The fraction of sp³-hybridized carbons (Fsp3) is 0.273. The largest absolute Gasteiger partial charge is 0.324 e. The Kier molecular flexibility index (Phi) is 3.81. The minimum atomic E-state index is -0.161. The van der Waals surface area contributed by atoms with Crippen molar-refractivity contribution in [1.82, 2.24) is 14.8 Å². The summed E-state index contributed by atoms with van der Waals surface area (Å²) in [6.07, 6.45) is 2.14. The predicted molar refractivity (Wildman–Crippen MR) is 70.8 cm³/mol. The van der Waals surface area contributed by atoms with Crippen LogP contribution in [-0.4, -0.2) is 14.8 Å². The molecule has 0 aliphatic rings. The van der Waals surface area contributed by atoms with Crippen molar-refractivity contribution < 1.29 is 0 Å². The van der Waals surface area contributed by atoms with Gasteiger partial charge in [0.1, 0.15) is 12.2 Å². The van der Waals surface area contributed by atoms with Crippen LogP contribution in [0.15, 0.2) is 29.0 Å². The lowest BCUT2D eigenvalue weighted by Gasteiger charge is -2.13. The number of benzene rings is 1. The molecule has 90 valence electrons. The molecule has 1 unspecified atom stereocenters. The molecule has 0 saturated carbocycles. The fourth-order valence-electron chi connectivity index (χ4n) is 1.61. The van der Waals surface area contributed by atoms with Crippen LogP contribution in [0.25, 0.3) is 0 Å². The summed E-state index contributed by atoms with van der Waals surface area (Å²) in [5.41, 5.74) is 7.13. The number of halogens is 2. The molecule has 2 aromatic rings. The SMILES string of the molecule is Cn1ncnc1CC(N)c1cc(Cl)ccc1Br. The van der Waals surface area contributed by atoms with Crippen LogP contribution in [-0.2, 0) is 13.5 Å². The second kappa shape index (κ2) is 5.16. The van der Waals surface area contributed by atoms with E-state index in [4.69, 9.17) is 17.3 Å². The summed E-state index contributed by atoms with van der Waals surface area (Å²) < 4.78 is 2.68. The molecule has 17 heavy (non-hydrogen) atoms. The van der Waals surface area contributed by atoms with Gasteiger partial charge in [0.15, 0.2) is 0 Å². The van der Waals surface area contributed by atoms with Crippen LogP contribution in [0.5, 0.6) is 0 Å².